The second kappa shape index (κ2) is 7.53. The summed E-state index contributed by atoms with van der Waals surface area (Å²) in [6.45, 7) is 3.62. The van der Waals surface area contributed by atoms with Crippen molar-refractivity contribution >= 4 is 12.1 Å². The molecule has 0 unspecified atom stereocenters. The minimum absolute atomic E-state index is 0.0747. The van der Waals surface area contributed by atoms with Gasteiger partial charge in [0, 0.05) is 0 Å². The van der Waals surface area contributed by atoms with E-state index in [1.165, 1.54) is 20.3 Å². The maximum Gasteiger partial charge on any atom is 0.407 e. The summed E-state index contributed by atoms with van der Waals surface area (Å²) in [5, 5.41) is 2.63. The van der Waals surface area contributed by atoms with Crippen molar-refractivity contribution in [3.8, 4) is 11.5 Å². The summed E-state index contributed by atoms with van der Waals surface area (Å²) in [5.41, 5.74) is 0.663. The minimum atomic E-state index is -0.700. The van der Waals surface area contributed by atoms with E-state index < -0.39 is 24.2 Å². The molecule has 7 heteroatoms. The van der Waals surface area contributed by atoms with Crippen molar-refractivity contribution < 1.29 is 28.5 Å². The van der Waals surface area contributed by atoms with Crippen LogP contribution in [0.2, 0.25) is 0 Å². The van der Waals surface area contributed by atoms with Crippen LogP contribution >= 0.6 is 0 Å². The first-order chi connectivity index (χ1) is 11.1. The lowest BCUT2D eigenvalue weighted by Crippen LogP contribution is -2.35. The number of alkyl carbamates (subject to hydrolysis) is 1. The van der Waals surface area contributed by atoms with E-state index >= 15 is 0 Å². The van der Waals surface area contributed by atoms with Crippen molar-refractivity contribution in [1.82, 2.24) is 5.32 Å². The molecule has 0 spiro atoms. The topological polar surface area (TPSA) is 83.1 Å². The van der Waals surface area contributed by atoms with Crippen LogP contribution in [0.15, 0.2) is 30.9 Å². The van der Waals surface area contributed by atoms with Crippen molar-refractivity contribution in [3.05, 3.63) is 36.4 Å². The Morgan fingerprint density at radius 2 is 2.17 bits per heavy atom. The van der Waals surface area contributed by atoms with Crippen LogP contribution in [0.25, 0.3) is 0 Å². The van der Waals surface area contributed by atoms with Gasteiger partial charge in [-0.05, 0) is 17.7 Å². The average molecular weight is 321 g/mol. The van der Waals surface area contributed by atoms with Gasteiger partial charge in [0.1, 0.15) is 12.6 Å². The highest BCUT2D eigenvalue weighted by atomic mass is 16.6. The summed E-state index contributed by atoms with van der Waals surface area (Å²) in [4.78, 5) is 23.1. The molecule has 1 heterocycles. The lowest BCUT2D eigenvalue weighted by molar-refractivity contribution is -0.149. The van der Waals surface area contributed by atoms with E-state index in [1.54, 1.807) is 18.2 Å². The van der Waals surface area contributed by atoms with Crippen LogP contribution in [0.3, 0.4) is 0 Å². The third-order valence-corrected chi connectivity index (χ3v) is 3.37. The minimum Gasteiger partial charge on any atom is -0.493 e. The van der Waals surface area contributed by atoms with E-state index in [0.717, 1.165) is 0 Å². The van der Waals surface area contributed by atoms with Crippen LogP contribution in [0, 0.1) is 0 Å². The highest BCUT2D eigenvalue weighted by Gasteiger charge is 2.34. The smallest absolute Gasteiger partial charge is 0.407 e. The molecule has 0 aliphatic carbocycles. The Morgan fingerprint density at radius 1 is 1.43 bits per heavy atom. The van der Waals surface area contributed by atoms with E-state index in [-0.39, 0.29) is 13.0 Å². The normalized spacial score (nSPS) is 17.7. The van der Waals surface area contributed by atoms with Crippen LogP contribution < -0.4 is 14.8 Å². The third-order valence-electron chi connectivity index (χ3n) is 3.37. The number of carbonyl (C=O) groups is 2. The zero-order chi connectivity index (χ0) is 16.8. The Hall–Kier alpha value is -2.70. The summed E-state index contributed by atoms with van der Waals surface area (Å²) in [6.07, 6.45) is 0.289. The number of hydrogen-bond donors (Lipinski definition) is 1. The molecule has 1 saturated heterocycles. The molecule has 0 saturated carbocycles. The Kier molecular flexibility index (Phi) is 5.46. The molecule has 1 fully saturated rings. The fraction of sp³-hybridized carbons (Fsp3) is 0.375. The van der Waals surface area contributed by atoms with Crippen LogP contribution in [0.5, 0.6) is 11.5 Å². The monoisotopic (exact) mass is 321 g/mol. The number of carbonyl (C=O) groups excluding carboxylic acids is 2. The number of amides is 1. The van der Waals surface area contributed by atoms with E-state index in [1.807, 2.05) is 0 Å². The molecule has 1 aromatic rings. The molecule has 0 radical (unpaired) electrons. The Bertz CT molecular complexity index is 600. The Balaban J connectivity index is 2.30. The maximum atomic E-state index is 11.8. The summed E-state index contributed by atoms with van der Waals surface area (Å²) in [7, 11) is 3.05. The Morgan fingerprint density at radius 3 is 2.74 bits per heavy atom. The SMILES string of the molecule is C=CCC(=O)O[C@@H](c1ccc(OC)c(OC)c1)[C@H]1COC(=O)N1. The van der Waals surface area contributed by atoms with Gasteiger partial charge in [0.05, 0.1) is 20.6 Å². The van der Waals surface area contributed by atoms with Crippen molar-refractivity contribution in [2.45, 2.75) is 18.6 Å². The summed E-state index contributed by atoms with van der Waals surface area (Å²) < 4.78 is 20.8. The number of esters is 1. The predicted octanol–water partition coefficient (Wildman–Crippen LogP) is 1.97. The van der Waals surface area contributed by atoms with E-state index in [0.29, 0.717) is 17.1 Å². The quantitative estimate of drug-likeness (QED) is 0.611. The average Bonchev–Trinajstić information content (AvgIpc) is 2.98. The second-order valence-corrected chi connectivity index (χ2v) is 4.87. The van der Waals surface area contributed by atoms with Gasteiger partial charge in [0.15, 0.2) is 17.6 Å². The van der Waals surface area contributed by atoms with Gasteiger partial charge in [0.2, 0.25) is 0 Å². The van der Waals surface area contributed by atoms with E-state index in [4.69, 9.17) is 18.9 Å². The zero-order valence-corrected chi connectivity index (χ0v) is 13.0. The van der Waals surface area contributed by atoms with Crippen LogP contribution in [0.4, 0.5) is 4.79 Å². The molecule has 23 heavy (non-hydrogen) atoms. The van der Waals surface area contributed by atoms with Gasteiger partial charge in [-0.25, -0.2) is 4.79 Å². The molecule has 1 aliphatic heterocycles. The first kappa shape index (κ1) is 16.7. The van der Waals surface area contributed by atoms with Gasteiger partial charge in [-0.1, -0.05) is 12.1 Å². The molecule has 1 N–H and O–H groups in total. The molecule has 2 atom stereocenters. The summed E-state index contributed by atoms with van der Waals surface area (Å²) >= 11 is 0. The van der Waals surface area contributed by atoms with Crippen LogP contribution in [0.1, 0.15) is 18.1 Å². The number of benzene rings is 1. The molecular formula is C16H19NO6. The molecule has 0 aromatic heterocycles. The zero-order valence-electron chi connectivity index (χ0n) is 13.0. The fourth-order valence-electron chi connectivity index (χ4n) is 2.28. The summed E-state index contributed by atoms with van der Waals surface area (Å²) in [6, 6.07) is 4.68. The van der Waals surface area contributed by atoms with Crippen LogP contribution in [-0.2, 0) is 14.3 Å². The fourth-order valence-corrected chi connectivity index (χ4v) is 2.28. The Labute approximate surface area is 134 Å². The lowest BCUT2D eigenvalue weighted by atomic mass is 10.0. The predicted molar refractivity (Wildman–Crippen MR) is 81.5 cm³/mol. The van der Waals surface area contributed by atoms with Crippen LogP contribution in [-0.4, -0.2) is 38.9 Å². The van der Waals surface area contributed by atoms with Gasteiger partial charge in [0.25, 0.3) is 0 Å². The lowest BCUT2D eigenvalue weighted by Gasteiger charge is -2.23. The van der Waals surface area contributed by atoms with Crippen molar-refractivity contribution in [3.63, 3.8) is 0 Å². The number of ether oxygens (including phenoxy) is 4. The first-order valence-corrected chi connectivity index (χ1v) is 7.04. The van der Waals surface area contributed by atoms with Gasteiger partial charge in [-0.15, -0.1) is 6.58 Å². The molecule has 1 aliphatic rings. The van der Waals surface area contributed by atoms with Crippen molar-refractivity contribution in [2.75, 3.05) is 20.8 Å². The van der Waals surface area contributed by atoms with E-state index in [2.05, 4.69) is 11.9 Å². The second-order valence-electron chi connectivity index (χ2n) is 4.87. The molecule has 124 valence electrons. The highest BCUT2D eigenvalue weighted by Crippen LogP contribution is 2.33. The van der Waals surface area contributed by atoms with Crippen molar-refractivity contribution in [1.29, 1.82) is 0 Å². The standard InChI is InChI=1S/C16H19NO6/c1-4-5-14(18)23-15(11-9-22-16(19)17-11)10-6-7-12(20-2)13(8-10)21-3/h4,6-8,11,15H,1,5,9H2,2-3H3,(H,17,19)/t11-,15+/m1/s1. The molecular weight excluding hydrogens is 302 g/mol. The molecule has 0 bridgehead atoms. The maximum absolute atomic E-state index is 11.8. The van der Waals surface area contributed by atoms with Gasteiger partial charge < -0.3 is 24.3 Å². The van der Waals surface area contributed by atoms with Gasteiger partial charge >= 0.3 is 12.1 Å². The number of methoxy groups -OCH3 is 2. The molecule has 1 amide bonds. The number of rotatable bonds is 7. The third kappa shape index (κ3) is 3.94. The van der Waals surface area contributed by atoms with Crippen molar-refractivity contribution in [2.24, 2.45) is 0 Å². The highest BCUT2D eigenvalue weighted by molar-refractivity contribution is 5.72. The van der Waals surface area contributed by atoms with Gasteiger partial charge in [-0.3, -0.25) is 4.79 Å². The van der Waals surface area contributed by atoms with Gasteiger partial charge in [-0.2, -0.15) is 0 Å². The number of cyclic esters (lactones) is 1. The summed E-state index contributed by atoms with van der Waals surface area (Å²) in [5.74, 6) is 0.611. The molecule has 7 nitrogen and oxygen atoms in total. The number of nitrogens with one attached hydrogen (secondary N) is 1. The molecule has 1 aromatic carbocycles. The molecule has 2 rings (SSSR count). The number of hydrogen-bond acceptors (Lipinski definition) is 6. The van der Waals surface area contributed by atoms with E-state index in [9.17, 15) is 9.59 Å². The largest absolute Gasteiger partial charge is 0.493 e. The first-order valence-electron chi connectivity index (χ1n) is 7.04.